The molecule has 0 atom stereocenters. The van der Waals surface area contributed by atoms with Crippen molar-refractivity contribution in [3.63, 3.8) is 0 Å². The van der Waals surface area contributed by atoms with E-state index >= 15 is 0 Å². The Morgan fingerprint density at radius 2 is 2.27 bits per heavy atom. The Kier molecular flexibility index (Phi) is 1.99. The van der Waals surface area contributed by atoms with Crippen LogP contribution in [0.5, 0.6) is 5.75 Å². The molecule has 0 N–H and O–H groups in total. The first-order valence-electron chi connectivity index (χ1n) is 5.01. The molecule has 3 heteroatoms. The van der Waals surface area contributed by atoms with E-state index in [0.717, 1.165) is 46.4 Å². The van der Waals surface area contributed by atoms with Crippen molar-refractivity contribution in [1.29, 1.82) is 0 Å². The number of ether oxygens (including phenoxy) is 1. The highest BCUT2D eigenvalue weighted by Crippen LogP contribution is 2.33. The molecule has 1 aromatic heterocycles. The normalized spacial score (nSPS) is 14.7. The number of aldehydes is 1. The Hall–Kier alpha value is -1.35. The molecule has 0 fully saturated rings. The van der Waals surface area contributed by atoms with E-state index in [2.05, 4.69) is 12.1 Å². The molecule has 1 aliphatic rings. The van der Waals surface area contributed by atoms with E-state index in [1.807, 2.05) is 6.07 Å². The summed E-state index contributed by atoms with van der Waals surface area (Å²) in [6.07, 6.45) is 3.07. The molecule has 0 bridgehead atoms. The van der Waals surface area contributed by atoms with Crippen molar-refractivity contribution in [3.8, 4) is 5.75 Å². The van der Waals surface area contributed by atoms with Crippen LogP contribution >= 0.6 is 11.3 Å². The summed E-state index contributed by atoms with van der Waals surface area (Å²) in [5.74, 6) is 0.994. The molecule has 0 radical (unpaired) electrons. The number of aryl methyl sites for hydroxylation is 1. The molecule has 1 aliphatic heterocycles. The average molecular weight is 218 g/mol. The molecule has 0 saturated carbocycles. The van der Waals surface area contributed by atoms with E-state index in [0.29, 0.717) is 0 Å². The van der Waals surface area contributed by atoms with Crippen LogP contribution in [0.3, 0.4) is 0 Å². The van der Waals surface area contributed by atoms with E-state index in [1.165, 1.54) is 16.9 Å². The van der Waals surface area contributed by atoms with Crippen LogP contribution in [0, 0.1) is 0 Å². The monoisotopic (exact) mass is 218 g/mol. The molecule has 0 aliphatic carbocycles. The summed E-state index contributed by atoms with van der Waals surface area (Å²) >= 11 is 1.52. The molecule has 2 heterocycles. The van der Waals surface area contributed by atoms with Gasteiger partial charge in [-0.3, -0.25) is 4.79 Å². The van der Waals surface area contributed by atoms with Crippen molar-refractivity contribution in [3.05, 3.63) is 28.6 Å². The summed E-state index contributed by atoms with van der Waals surface area (Å²) in [6, 6.07) is 6.15. The Morgan fingerprint density at radius 3 is 3.13 bits per heavy atom. The third-order valence-corrected chi connectivity index (χ3v) is 3.71. The van der Waals surface area contributed by atoms with Crippen LogP contribution in [0.25, 0.3) is 10.1 Å². The minimum atomic E-state index is 0.785. The van der Waals surface area contributed by atoms with Gasteiger partial charge < -0.3 is 4.74 Å². The van der Waals surface area contributed by atoms with Gasteiger partial charge in [-0.2, -0.15) is 0 Å². The van der Waals surface area contributed by atoms with Gasteiger partial charge in [-0.1, -0.05) is 0 Å². The average Bonchev–Trinajstić information content (AvgIpc) is 2.67. The number of rotatable bonds is 1. The molecule has 2 aromatic rings. The van der Waals surface area contributed by atoms with Gasteiger partial charge >= 0.3 is 0 Å². The number of hydrogen-bond donors (Lipinski definition) is 0. The Balaban J connectivity index is 2.23. The second-order valence-electron chi connectivity index (χ2n) is 3.72. The number of carbonyl (C=O) groups is 1. The predicted molar refractivity (Wildman–Crippen MR) is 61.0 cm³/mol. The van der Waals surface area contributed by atoms with E-state index in [-0.39, 0.29) is 0 Å². The maximum absolute atomic E-state index is 10.7. The maximum Gasteiger partial charge on any atom is 0.160 e. The molecule has 76 valence electrons. The van der Waals surface area contributed by atoms with E-state index in [4.69, 9.17) is 4.74 Å². The highest BCUT2D eigenvalue weighted by Gasteiger charge is 2.12. The molecule has 0 amide bonds. The third-order valence-electron chi connectivity index (χ3n) is 2.68. The predicted octanol–water partition coefficient (Wildman–Crippen LogP) is 3.04. The fraction of sp³-hybridized carbons (Fsp3) is 0.250. The fourth-order valence-corrected chi connectivity index (χ4v) is 2.86. The van der Waals surface area contributed by atoms with Crippen molar-refractivity contribution < 1.29 is 9.53 Å². The molecule has 2 nitrogen and oxygen atoms in total. The zero-order valence-corrected chi connectivity index (χ0v) is 8.97. The van der Waals surface area contributed by atoms with Crippen LogP contribution in [0.15, 0.2) is 18.2 Å². The summed E-state index contributed by atoms with van der Waals surface area (Å²) in [4.78, 5) is 11.5. The Bertz CT molecular complexity index is 485. The number of hydrogen-bond acceptors (Lipinski definition) is 3. The lowest BCUT2D eigenvalue weighted by molar-refractivity contribution is 0.112. The van der Waals surface area contributed by atoms with Crippen molar-refractivity contribution in [2.24, 2.45) is 0 Å². The lowest BCUT2D eigenvalue weighted by atomic mass is 10.0. The molecular formula is C12H10O2S. The van der Waals surface area contributed by atoms with Crippen molar-refractivity contribution in [2.75, 3.05) is 6.61 Å². The molecule has 0 spiro atoms. The van der Waals surface area contributed by atoms with E-state index in [9.17, 15) is 4.79 Å². The quantitative estimate of drug-likeness (QED) is 0.688. The van der Waals surface area contributed by atoms with Crippen LogP contribution < -0.4 is 4.74 Å². The molecule has 15 heavy (non-hydrogen) atoms. The first-order valence-corrected chi connectivity index (χ1v) is 5.83. The smallest absolute Gasteiger partial charge is 0.160 e. The summed E-state index contributed by atoms with van der Waals surface area (Å²) in [7, 11) is 0. The largest absolute Gasteiger partial charge is 0.493 e. The van der Waals surface area contributed by atoms with Crippen LogP contribution in [0.4, 0.5) is 0 Å². The van der Waals surface area contributed by atoms with Crippen molar-refractivity contribution in [2.45, 2.75) is 12.8 Å². The van der Waals surface area contributed by atoms with Gasteiger partial charge in [0, 0.05) is 4.70 Å². The molecule has 3 rings (SSSR count). The second kappa shape index (κ2) is 3.35. The Labute approximate surface area is 91.5 Å². The highest BCUT2D eigenvalue weighted by molar-refractivity contribution is 7.20. The van der Waals surface area contributed by atoms with Gasteiger partial charge in [0.05, 0.1) is 11.5 Å². The van der Waals surface area contributed by atoms with Gasteiger partial charge in [0.1, 0.15) is 5.75 Å². The van der Waals surface area contributed by atoms with Gasteiger partial charge in [0.25, 0.3) is 0 Å². The first-order chi connectivity index (χ1) is 7.36. The lowest BCUT2D eigenvalue weighted by Gasteiger charge is -2.16. The van der Waals surface area contributed by atoms with E-state index < -0.39 is 0 Å². The fourth-order valence-electron chi connectivity index (χ4n) is 1.97. The van der Waals surface area contributed by atoms with Crippen LogP contribution in [-0.4, -0.2) is 12.9 Å². The van der Waals surface area contributed by atoms with Crippen molar-refractivity contribution in [1.82, 2.24) is 0 Å². The molecule has 0 unspecified atom stereocenters. The minimum Gasteiger partial charge on any atom is -0.493 e. The second-order valence-corrected chi connectivity index (χ2v) is 4.83. The molecule has 1 aromatic carbocycles. The van der Waals surface area contributed by atoms with Crippen molar-refractivity contribution >= 4 is 27.7 Å². The third kappa shape index (κ3) is 1.43. The van der Waals surface area contributed by atoms with Gasteiger partial charge in [-0.25, -0.2) is 0 Å². The van der Waals surface area contributed by atoms with E-state index in [1.54, 1.807) is 0 Å². The maximum atomic E-state index is 10.7. The summed E-state index contributed by atoms with van der Waals surface area (Å²) in [6.45, 7) is 0.810. The van der Waals surface area contributed by atoms with Crippen LogP contribution in [0.1, 0.15) is 21.7 Å². The number of benzene rings is 1. The molecule has 0 saturated heterocycles. The summed E-state index contributed by atoms with van der Waals surface area (Å²) < 4.78 is 6.73. The highest BCUT2D eigenvalue weighted by atomic mass is 32.1. The number of carbonyl (C=O) groups excluding carboxylic acids is 1. The van der Waals surface area contributed by atoms with Gasteiger partial charge in [-0.05, 0) is 42.0 Å². The first kappa shape index (κ1) is 8.92. The Morgan fingerprint density at radius 1 is 1.33 bits per heavy atom. The SMILES string of the molecule is O=Cc1cc2cc3c(cc2s1)OCCC3. The zero-order chi connectivity index (χ0) is 10.3. The summed E-state index contributed by atoms with van der Waals surface area (Å²) in [5, 5.41) is 1.16. The number of fused-ring (bicyclic) bond motifs is 2. The number of thiophene rings is 1. The topological polar surface area (TPSA) is 26.3 Å². The molecular weight excluding hydrogens is 208 g/mol. The van der Waals surface area contributed by atoms with Crippen LogP contribution in [0.2, 0.25) is 0 Å². The van der Waals surface area contributed by atoms with Gasteiger partial charge in [0.15, 0.2) is 6.29 Å². The van der Waals surface area contributed by atoms with Gasteiger partial charge in [0.2, 0.25) is 0 Å². The van der Waals surface area contributed by atoms with Gasteiger partial charge in [-0.15, -0.1) is 11.3 Å². The lowest BCUT2D eigenvalue weighted by Crippen LogP contribution is -2.07. The van der Waals surface area contributed by atoms with Crippen LogP contribution in [-0.2, 0) is 6.42 Å². The summed E-state index contributed by atoms with van der Waals surface area (Å²) in [5.41, 5.74) is 1.27. The standard InChI is InChI=1S/C12H10O2S/c13-7-10-5-9-4-8-2-1-3-14-11(8)6-12(9)15-10/h4-7H,1-3H2. The zero-order valence-electron chi connectivity index (χ0n) is 8.16. The minimum absolute atomic E-state index is 0.785.